The molecule has 0 heterocycles. The van der Waals surface area contributed by atoms with Crippen LogP contribution in [0, 0.1) is 5.92 Å². The van der Waals surface area contributed by atoms with E-state index in [-0.39, 0.29) is 0 Å². The zero-order chi connectivity index (χ0) is 9.40. The number of rotatable bonds is 7. The van der Waals surface area contributed by atoms with Crippen LogP contribution in [0.3, 0.4) is 0 Å². The second-order valence-corrected chi connectivity index (χ2v) is 3.54. The van der Waals surface area contributed by atoms with Crippen LogP contribution in [0.5, 0.6) is 0 Å². The Morgan fingerprint density at radius 2 is 1.92 bits per heavy atom. The fourth-order valence-electron chi connectivity index (χ4n) is 1.33. The largest absolute Gasteiger partial charge is 0.380 e. The van der Waals surface area contributed by atoms with Crippen LogP contribution in [0.2, 0.25) is 0 Å². The van der Waals surface area contributed by atoms with Gasteiger partial charge in [0, 0.05) is 12.6 Å². The van der Waals surface area contributed by atoms with Crippen molar-refractivity contribution in [2.45, 2.75) is 40.2 Å². The summed E-state index contributed by atoms with van der Waals surface area (Å²) in [6.07, 6.45) is 1.20. The van der Waals surface area contributed by atoms with E-state index in [0.717, 1.165) is 25.7 Å². The van der Waals surface area contributed by atoms with E-state index in [1.165, 1.54) is 6.42 Å². The van der Waals surface area contributed by atoms with E-state index >= 15 is 0 Å². The van der Waals surface area contributed by atoms with Gasteiger partial charge >= 0.3 is 0 Å². The number of ether oxygens (including phenoxy) is 1. The van der Waals surface area contributed by atoms with Gasteiger partial charge < -0.3 is 10.1 Å². The molecule has 1 N–H and O–H groups in total. The molecule has 0 radical (unpaired) electrons. The van der Waals surface area contributed by atoms with Gasteiger partial charge in [-0.05, 0) is 25.8 Å². The molecule has 0 amide bonds. The lowest BCUT2D eigenvalue weighted by Crippen LogP contribution is -2.34. The maximum atomic E-state index is 5.39. The van der Waals surface area contributed by atoms with Crippen LogP contribution in [0.15, 0.2) is 0 Å². The van der Waals surface area contributed by atoms with E-state index in [9.17, 15) is 0 Å². The van der Waals surface area contributed by atoms with Crippen molar-refractivity contribution < 1.29 is 4.74 Å². The van der Waals surface area contributed by atoms with Gasteiger partial charge in [-0.2, -0.15) is 0 Å². The van der Waals surface area contributed by atoms with Gasteiger partial charge in [-0.3, -0.25) is 0 Å². The first-order valence-electron chi connectivity index (χ1n) is 5.01. The van der Waals surface area contributed by atoms with Crippen molar-refractivity contribution in [1.29, 1.82) is 0 Å². The van der Waals surface area contributed by atoms with E-state index in [0.29, 0.717) is 6.04 Å². The highest BCUT2D eigenvalue weighted by Gasteiger charge is 2.08. The fourth-order valence-corrected chi connectivity index (χ4v) is 1.33. The van der Waals surface area contributed by atoms with Crippen LogP contribution in [0.4, 0.5) is 0 Å². The molecule has 0 saturated carbocycles. The minimum absolute atomic E-state index is 0.537. The van der Waals surface area contributed by atoms with Crippen LogP contribution < -0.4 is 5.32 Å². The van der Waals surface area contributed by atoms with Gasteiger partial charge in [0.25, 0.3) is 0 Å². The molecular weight excluding hydrogens is 150 g/mol. The lowest BCUT2D eigenvalue weighted by Gasteiger charge is -2.19. The van der Waals surface area contributed by atoms with E-state index in [4.69, 9.17) is 4.74 Å². The summed E-state index contributed by atoms with van der Waals surface area (Å²) >= 11 is 0. The standard InChI is InChI=1S/C10H23NO/c1-5-11-10(7-9(3)4)8-12-6-2/h9-11H,5-8H2,1-4H3/t10-/m0/s1. The molecule has 0 bridgehead atoms. The summed E-state index contributed by atoms with van der Waals surface area (Å²) in [6, 6.07) is 0.537. The third kappa shape index (κ3) is 6.62. The summed E-state index contributed by atoms with van der Waals surface area (Å²) in [6.45, 7) is 11.4. The molecule has 2 heteroatoms. The Morgan fingerprint density at radius 3 is 2.33 bits per heavy atom. The molecule has 0 spiro atoms. The van der Waals surface area contributed by atoms with Gasteiger partial charge in [-0.25, -0.2) is 0 Å². The molecule has 0 aromatic carbocycles. The number of hydrogen-bond acceptors (Lipinski definition) is 2. The molecule has 0 fully saturated rings. The van der Waals surface area contributed by atoms with Crippen LogP contribution in [-0.2, 0) is 4.74 Å². The Kier molecular flexibility index (Phi) is 7.51. The maximum Gasteiger partial charge on any atom is 0.0619 e. The molecule has 0 aromatic heterocycles. The zero-order valence-electron chi connectivity index (χ0n) is 8.89. The van der Waals surface area contributed by atoms with Crippen molar-refractivity contribution in [3.05, 3.63) is 0 Å². The van der Waals surface area contributed by atoms with Crippen molar-refractivity contribution in [3.8, 4) is 0 Å². The third-order valence-corrected chi connectivity index (χ3v) is 1.77. The number of nitrogens with one attached hydrogen (secondary N) is 1. The van der Waals surface area contributed by atoms with E-state index in [1.54, 1.807) is 0 Å². The minimum atomic E-state index is 0.537. The topological polar surface area (TPSA) is 21.3 Å². The molecule has 74 valence electrons. The average Bonchev–Trinajstić information content (AvgIpc) is 2.00. The number of hydrogen-bond donors (Lipinski definition) is 1. The molecule has 0 aliphatic rings. The van der Waals surface area contributed by atoms with Gasteiger partial charge in [0.05, 0.1) is 6.61 Å². The fraction of sp³-hybridized carbons (Fsp3) is 1.00. The van der Waals surface area contributed by atoms with Gasteiger partial charge in [0.15, 0.2) is 0 Å². The Bertz CT molecular complexity index is 93.8. The second-order valence-electron chi connectivity index (χ2n) is 3.54. The van der Waals surface area contributed by atoms with Gasteiger partial charge in [0.1, 0.15) is 0 Å². The predicted molar refractivity (Wildman–Crippen MR) is 53.4 cm³/mol. The number of likely N-dealkylation sites (N-methyl/N-ethyl adjacent to an activating group) is 1. The quantitative estimate of drug-likeness (QED) is 0.636. The normalized spacial score (nSPS) is 13.8. The van der Waals surface area contributed by atoms with Crippen molar-refractivity contribution in [1.82, 2.24) is 5.32 Å². The highest BCUT2D eigenvalue weighted by atomic mass is 16.5. The van der Waals surface area contributed by atoms with Crippen LogP contribution in [0.25, 0.3) is 0 Å². The Hall–Kier alpha value is -0.0800. The second kappa shape index (κ2) is 7.56. The third-order valence-electron chi connectivity index (χ3n) is 1.77. The summed E-state index contributed by atoms with van der Waals surface area (Å²) in [5.74, 6) is 0.745. The lowest BCUT2D eigenvalue weighted by molar-refractivity contribution is 0.116. The first-order valence-corrected chi connectivity index (χ1v) is 5.01. The first kappa shape index (κ1) is 11.9. The summed E-state index contributed by atoms with van der Waals surface area (Å²) in [4.78, 5) is 0. The van der Waals surface area contributed by atoms with E-state index < -0.39 is 0 Å². The highest BCUT2D eigenvalue weighted by Crippen LogP contribution is 2.04. The monoisotopic (exact) mass is 173 g/mol. The minimum Gasteiger partial charge on any atom is -0.380 e. The predicted octanol–water partition coefficient (Wildman–Crippen LogP) is 2.05. The smallest absolute Gasteiger partial charge is 0.0619 e. The summed E-state index contributed by atoms with van der Waals surface area (Å²) in [7, 11) is 0. The Morgan fingerprint density at radius 1 is 1.25 bits per heavy atom. The van der Waals surface area contributed by atoms with E-state index in [2.05, 4.69) is 26.1 Å². The van der Waals surface area contributed by atoms with Crippen LogP contribution in [0.1, 0.15) is 34.1 Å². The molecule has 0 aromatic rings. The zero-order valence-corrected chi connectivity index (χ0v) is 8.89. The van der Waals surface area contributed by atoms with Crippen molar-refractivity contribution >= 4 is 0 Å². The van der Waals surface area contributed by atoms with E-state index in [1.807, 2.05) is 6.92 Å². The van der Waals surface area contributed by atoms with Gasteiger partial charge in [-0.15, -0.1) is 0 Å². The van der Waals surface area contributed by atoms with Gasteiger partial charge in [0.2, 0.25) is 0 Å². The maximum absolute atomic E-state index is 5.39. The molecule has 0 aliphatic heterocycles. The molecule has 0 unspecified atom stereocenters. The molecule has 0 aliphatic carbocycles. The lowest BCUT2D eigenvalue weighted by atomic mass is 10.0. The highest BCUT2D eigenvalue weighted by molar-refractivity contribution is 4.66. The van der Waals surface area contributed by atoms with Crippen LogP contribution >= 0.6 is 0 Å². The summed E-state index contributed by atoms with van der Waals surface area (Å²) in [5.41, 5.74) is 0. The van der Waals surface area contributed by atoms with Crippen LogP contribution in [-0.4, -0.2) is 25.8 Å². The molecule has 1 atom stereocenters. The first-order chi connectivity index (χ1) is 5.70. The van der Waals surface area contributed by atoms with Crippen molar-refractivity contribution in [3.63, 3.8) is 0 Å². The molecule has 0 saturated heterocycles. The molecule has 2 nitrogen and oxygen atoms in total. The van der Waals surface area contributed by atoms with Crippen molar-refractivity contribution in [2.24, 2.45) is 5.92 Å². The summed E-state index contributed by atoms with van der Waals surface area (Å²) in [5, 5.41) is 3.42. The Labute approximate surface area is 76.7 Å². The summed E-state index contributed by atoms with van der Waals surface area (Å²) < 4.78 is 5.39. The Balaban J connectivity index is 3.54. The SMILES string of the molecule is CCN[C@H](COCC)CC(C)C. The average molecular weight is 173 g/mol. The van der Waals surface area contributed by atoms with Gasteiger partial charge in [-0.1, -0.05) is 20.8 Å². The van der Waals surface area contributed by atoms with Crippen molar-refractivity contribution in [2.75, 3.05) is 19.8 Å². The molecular formula is C10H23NO. The molecule has 12 heavy (non-hydrogen) atoms. The molecule has 0 rings (SSSR count).